The maximum atomic E-state index is 8.18. The molecule has 0 saturated carbocycles. The van der Waals surface area contributed by atoms with Crippen molar-refractivity contribution in [1.29, 1.82) is 0 Å². The second kappa shape index (κ2) is 4.00. The number of nitrogens with zero attached hydrogens (tertiary/aromatic N) is 4. The fourth-order valence-electron chi connectivity index (χ4n) is 0.745. The second-order valence-electron chi connectivity index (χ2n) is 2.03. The van der Waals surface area contributed by atoms with Crippen molar-refractivity contribution in [1.82, 2.24) is 0 Å². The van der Waals surface area contributed by atoms with Crippen LogP contribution < -0.4 is 0 Å². The van der Waals surface area contributed by atoms with Crippen LogP contribution in [0.2, 0.25) is 0 Å². The first-order valence-electron chi connectivity index (χ1n) is 3.19. The van der Waals surface area contributed by atoms with Gasteiger partial charge in [-0.1, -0.05) is 34.5 Å². The number of hydrogen-bond acceptors (Lipinski definition) is 3. The minimum absolute atomic E-state index is 0.535. The summed E-state index contributed by atoms with van der Waals surface area (Å²) in [4.78, 5) is 2.62. The smallest absolute Gasteiger partial charge is 0.0733 e. The Labute approximate surface area is 68.6 Å². The molecule has 0 unspecified atom stereocenters. The summed E-state index contributed by atoms with van der Waals surface area (Å²) < 4.78 is 0. The molecule has 0 fully saturated rings. The van der Waals surface area contributed by atoms with Gasteiger partial charge in [-0.15, -0.1) is 0 Å². The fourth-order valence-corrected chi connectivity index (χ4v) is 0.745. The molecule has 12 heavy (non-hydrogen) atoms. The molecule has 0 heterocycles. The van der Waals surface area contributed by atoms with Gasteiger partial charge in [-0.05, 0) is 11.1 Å². The first kappa shape index (κ1) is 8.10. The van der Waals surface area contributed by atoms with Crippen LogP contribution in [0.5, 0.6) is 0 Å². The highest BCUT2D eigenvalue weighted by Gasteiger charge is 1.88. The van der Waals surface area contributed by atoms with Crippen molar-refractivity contribution in [2.45, 2.75) is 0 Å². The van der Waals surface area contributed by atoms with Crippen molar-refractivity contribution in [3.63, 3.8) is 0 Å². The molecule has 0 spiro atoms. The van der Waals surface area contributed by atoms with Gasteiger partial charge in [0.15, 0.2) is 0 Å². The maximum absolute atomic E-state index is 8.18. The Morgan fingerprint density at radius 2 is 2.00 bits per heavy atom. The van der Waals surface area contributed by atoms with Gasteiger partial charge in [-0.2, -0.15) is 0 Å². The van der Waals surface area contributed by atoms with E-state index in [0.717, 1.165) is 5.56 Å². The number of hydrogen-bond donors (Lipinski definition) is 1. The van der Waals surface area contributed by atoms with Gasteiger partial charge in [0.1, 0.15) is 0 Å². The molecule has 1 N–H and O–H groups in total. The van der Waals surface area contributed by atoms with Crippen molar-refractivity contribution in [3.05, 3.63) is 40.3 Å². The average molecular weight is 162 g/mol. The quantitative estimate of drug-likeness (QED) is 0.178. The monoisotopic (exact) mass is 162 g/mol. The standard InChI is InChI=1S/C7H6N4O/c8-11-10-7-3-1-6(2-4-7)5-9-12/h1-5,12H/b9-5+. The highest BCUT2D eigenvalue weighted by Crippen LogP contribution is 2.11. The van der Waals surface area contributed by atoms with E-state index in [-0.39, 0.29) is 0 Å². The Bertz CT molecular complexity index is 324. The van der Waals surface area contributed by atoms with E-state index in [0.29, 0.717) is 5.69 Å². The Morgan fingerprint density at radius 1 is 1.33 bits per heavy atom. The summed E-state index contributed by atoms with van der Waals surface area (Å²) in [6.45, 7) is 0. The van der Waals surface area contributed by atoms with Gasteiger partial charge in [0, 0.05) is 10.6 Å². The summed E-state index contributed by atoms with van der Waals surface area (Å²) in [5.74, 6) is 0. The van der Waals surface area contributed by atoms with Crippen molar-refractivity contribution in [3.8, 4) is 0 Å². The van der Waals surface area contributed by atoms with Gasteiger partial charge in [0.2, 0.25) is 0 Å². The van der Waals surface area contributed by atoms with Crippen LogP contribution in [0.15, 0.2) is 34.5 Å². The third kappa shape index (κ3) is 2.00. The Kier molecular flexibility index (Phi) is 2.70. The summed E-state index contributed by atoms with van der Waals surface area (Å²) in [5, 5.41) is 14.4. The molecule has 0 bridgehead atoms. The zero-order chi connectivity index (χ0) is 8.81. The van der Waals surface area contributed by atoms with E-state index in [1.54, 1.807) is 24.3 Å². The van der Waals surface area contributed by atoms with E-state index < -0.39 is 0 Å². The zero-order valence-electron chi connectivity index (χ0n) is 6.12. The van der Waals surface area contributed by atoms with Gasteiger partial charge >= 0.3 is 0 Å². The van der Waals surface area contributed by atoms with Crippen molar-refractivity contribution in [2.24, 2.45) is 10.3 Å². The van der Waals surface area contributed by atoms with Gasteiger partial charge in [-0.25, -0.2) is 0 Å². The van der Waals surface area contributed by atoms with E-state index in [1.807, 2.05) is 0 Å². The van der Waals surface area contributed by atoms with Crippen LogP contribution in [0.4, 0.5) is 5.69 Å². The van der Waals surface area contributed by atoms with Crippen LogP contribution in [-0.2, 0) is 0 Å². The normalized spacial score (nSPS) is 9.67. The highest BCUT2D eigenvalue weighted by molar-refractivity contribution is 5.79. The molecule has 1 aromatic rings. The first-order chi connectivity index (χ1) is 5.86. The molecule has 1 rings (SSSR count). The molecule has 0 aliphatic rings. The summed E-state index contributed by atoms with van der Waals surface area (Å²) in [6.07, 6.45) is 1.29. The number of oxime groups is 1. The minimum atomic E-state index is 0.535. The summed E-state index contributed by atoms with van der Waals surface area (Å²) in [5.41, 5.74) is 9.36. The zero-order valence-corrected chi connectivity index (χ0v) is 6.12. The molecular formula is C7H6N4O. The molecule has 0 radical (unpaired) electrons. The van der Waals surface area contributed by atoms with Crippen LogP contribution in [0.3, 0.4) is 0 Å². The van der Waals surface area contributed by atoms with E-state index in [2.05, 4.69) is 15.2 Å². The Hall–Kier alpha value is -2.00. The molecule has 0 aliphatic heterocycles. The minimum Gasteiger partial charge on any atom is -0.411 e. The summed E-state index contributed by atoms with van der Waals surface area (Å²) in [6, 6.07) is 6.64. The van der Waals surface area contributed by atoms with Crippen molar-refractivity contribution in [2.75, 3.05) is 0 Å². The van der Waals surface area contributed by atoms with Gasteiger partial charge < -0.3 is 5.21 Å². The van der Waals surface area contributed by atoms with Crippen LogP contribution in [0.1, 0.15) is 5.56 Å². The Balaban J connectivity index is 2.92. The highest BCUT2D eigenvalue weighted by atomic mass is 16.4. The summed E-state index contributed by atoms with van der Waals surface area (Å²) in [7, 11) is 0. The maximum Gasteiger partial charge on any atom is 0.0733 e. The van der Waals surface area contributed by atoms with Gasteiger partial charge in [0.05, 0.1) is 6.21 Å². The van der Waals surface area contributed by atoms with Gasteiger partial charge in [-0.3, -0.25) is 0 Å². The predicted octanol–water partition coefficient (Wildman–Crippen LogP) is 2.44. The first-order valence-corrected chi connectivity index (χ1v) is 3.19. The molecule has 60 valence electrons. The van der Waals surface area contributed by atoms with Crippen molar-refractivity contribution < 1.29 is 5.21 Å². The number of rotatable bonds is 2. The van der Waals surface area contributed by atoms with E-state index >= 15 is 0 Å². The van der Waals surface area contributed by atoms with Crippen LogP contribution in [-0.4, -0.2) is 11.4 Å². The molecule has 0 atom stereocenters. The molecule has 0 aliphatic carbocycles. The number of azide groups is 1. The molecule has 0 aromatic heterocycles. The average Bonchev–Trinajstić information content (AvgIpc) is 2.09. The van der Waals surface area contributed by atoms with Crippen LogP contribution >= 0.6 is 0 Å². The molecule has 0 amide bonds. The lowest BCUT2D eigenvalue weighted by Gasteiger charge is -1.91. The molecule has 5 nitrogen and oxygen atoms in total. The van der Waals surface area contributed by atoms with E-state index in [4.69, 9.17) is 10.7 Å². The predicted molar refractivity (Wildman–Crippen MR) is 44.6 cm³/mol. The third-order valence-electron chi connectivity index (χ3n) is 1.26. The second-order valence-corrected chi connectivity index (χ2v) is 2.03. The largest absolute Gasteiger partial charge is 0.411 e. The third-order valence-corrected chi connectivity index (χ3v) is 1.26. The Morgan fingerprint density at radius 3 is 2.50 bits per heavy atom. The van der Waals surface area contributed by atoms with E-state index in [9.17, 15) is 0 Å². The SMILES string of the molecule is [N-]=[N+]=Nc1ccc(/C=N/O)cc1. The molecular weight excluding hydrogens is 156 g/mol. The molecule has 1 aromatic carbocycles. The lowest BCUT2D eigenvalue weighted by atomic mass is 10.2. The lowest BCUT2D eigenvalue weighted by Crippen LogP contribution is -1.77. The number of benzene rings is 1. The van der Waals surface area contributed by atoms with Crippen LogP contribution in [0, 0.1) is 0 Å². The van der Waals surface area contributed by atoms with Crippen LogP contribution in [0.25, 0.3) is 10.4 Å². The molecule has 5 heteroatoms. The van der Waals surface area contributed by atoms with Gasteiger partial charge in [0.25, 0.3) is 0 Å². The fraction of sp³-hybridized carbons (Fsp3) is 0. The van der Waals surface area contributed by atoms with E-state index in [1.165, 1.54) is 6.21 Å². The van der Waals surface area contributed by atoms with Crippen molar-refractivity contribution >= 4 is 11.9 Å². The lowest BCUT2D eigenvalue weighted by molar-refractivity contribution is 0.322. The molecule has 0 saturated heterocycles. The topological polar surface area (TPSA) is 81.4 Å². The summed E-state index contributed by atoms with van der Waals surface area (Å²) >= 11 is 0.